The van der Waals surface area contributed by atoms with Crippen LogP contribution in [0.4, 0.5) is 0 Å². The predicted octanol–water partition coefficient (Wildman–Crippen LogP) is 3.77. The molecule has 2 aromatic carbocycles. The molecular weight excluding hydrogens is 340 g/mol. The second-order valence-corrected chi connectivity index (χ2v) is 4.79. The predicted molar refractivity (Wildman–Crippen MR) is 68.0 cm³/mol. The van der Waals surface area contributed by atoms with Gasteiger partial charge in [0.25, 0.3) is 0 Å². The van der Waals surface area contributed by atoms with Gasteiger partial charge in [0, 0.05) is 9.86 Å². The Balaban J connectivity index is 3.00. The molecule has 0 fully saturated rings. The molecule has 3 nitrogen and oxygen atoms in total. The molecule has 0 aliphatic carbocycles. The summed E-state index contributed by atoms with van der Waals surface area (Å²) in [6, 6.07) is 7.22. The third kappa shape index (κ3) is 1.60. The fourth-order valence-corrected chi connectivity index (χ4v) is 2.78. The molecule has 2 N–H and O–H groups in total. The lowest BCUT2D eigenvalue weighted by molar-refractivity contribution is 0.0693. The number of carboxylic acids is 1. The van der Waals surface area contributed by atoms with E-state index in [1.807, 2.05) is 12.1 Å². The van der Waals surface area contributed by atoms with Crippen LogP contribution >= 0.6 is 31.9 Å². The molecule has 82 valence electrons. The molecule has 0 amide bonds. The van der Waals surface area contributed by atoms with Gasteiger partial charge < -0.3 is 10.2 Å². The number of aromatic carboxylic acids is 1. The normalized spacial score (nSPS) is 10.6. The van der Waals surface area contributed by atoms with E-state index in [0.29, 0.717) is 8.95 Å². The zero-order valence-corrected chi connectivity index (χ0v) is 11.0. The summed E-state index contributed by atoms with van der Waals surface area (Å²) in [4.78, 5) is 11.0. The van der Waals surface area contributed by atoms with Crippen molar-refractivity contribution in [2.45, 2.75) is 0 Å². The van der Waals surface area contributed by atoms with Crippen molar-refractivity contribution in [2.75, 3.05) is 0 Å². The summed E-state index contributed by atoms with van der Waals surface area (Å²) in [6.07, 6.45) is 0. The minimum absolute atomic E-state index is 0.134. The highest BCUT2D eigenvalue weighted by molar-refractivity contribution is 9.11. The fourth-order valence-electron chi connectivity index (χ4n) is 1.54. The fraction of sp³-hybridized carbons (Fsp3) is 0. The van der Waals surface area contributed by atoms with Crippen LogP contribution in [-0.4, -0.2) is 16.2 Å². The van der Waals surface area contributed by atoms with Gasteiger partial charge in [-0.05, 0) is 37.2 Å². The SMILES string of the molecule is O=C(O)c1c(O)c(Br)c2ccccc2c1Br. The summed E-state index contributed by atoms with van der Waals surface area (Å²) >= 11 is 6.41. The molecule has 0 bridgehead atoms. The number of benzene rings is 2. The second-order valence-electron chi connectivity index (χ2n) is 3.20. The quantitative estimate of drug-likeness (QED) is 0.827. The van der Waals surface area contributed by atoms with Crippen LogP contribution in [0.15, 0.2) is 33.2 Å². The van der Waals surface area contributed by atoms with Crippen molar-refractivity contribution >= 4 is 48.6 Å². The van der Waals surface area contributed by atoms with Crippen molar-refractivity contribution in [1.29, 1.82) is 0 Å². The molecule has 16 heavy (non-hydrogen) atoms. The summed E-state index contributed by atoms with van der Waals surface area (Å²) in [6.45, 7) is 0. The molecule has 0 saturated heterocycles. The van der Waals surface area contributed by atoms with Gasteiger partial charge in [0.2, 0.25) is 0 Å². The molecule has 0 heterocycles. The molecule has 0 aliphatic heterocycles. The molecule has 0 radical (unpaired) electrons. The monoisotopic (exact) mass is 344 g/mol. The summed E-state index contributed by atoms with van der Waals surface area (Å²) in [5.41, 5.74) is -0.134. The number of hydrogen-bond donors (Lipinski definition) is 2. The minimum atomic E-state index is -1.17. The van der Waals surface area contributed by atoms with Crippen molar-refractivity contribution in [3.05, 3.63) is 38.8 Å². The topological polar surface area (TPSA) is 57.5 Å². The average molecular weight is 346 g/mol. The van der Waals surface area contributed by atoms with Gasteiger partial charge >= 0.3 is 5.97 Å². The van der Waals surface area contributed by atoms with Crippen LogP contribution in [0.2, 0.25) is 0 Å². The maximum Gasteiger partial charge on any atom is 0.340 e. The average Bonchev–Trinajstić information content (AvgIpc) is 2.26. The van der Waals surface area contributed by atoms with Gasteiger partial charge in [-0.25, -0.2) is 4.79 Å². The maximum atomic E-state index is 11.0. The number of aromatic hydroxyl groups is 1. The first-order valence-electron chi connectivity index (χ1n) is 4.36. The van der Waals surface area contributed by atoms with Gasteiger partial charge in [0.05, 0.1) is 4.47 Å². The summed E-state index contributed by atoms with van der Waals surface area (Å²) in [5.74, 6) is -1.44. The van der Waals surface area contributed by atoms with E-state index in [0.717, 1.165) is 10.8 Å². The minimum Gasteiger partial charge on any atom is -0.506 e. The molecule has 0 aromatic heterocycles. The van der Waals surface area contributed by atoms with E-state index in [2.05, 4.69) is 31.9 Å². The zero-order valence-electron chi connectivity index (χ0n) is 7.87. The summed E-state index contributed by atoms with van der Waals surface area (Å²) in [7, 11) is 0. The Morgan fingerprint density at radius 2 is 1.56 bits per heavy atom. The van der Waals surface area contributed by atoms with Gasteiger partial charge in [-0.2, -0.15) is 0 Å². The van der Waals surface area contributed by atoms with Crippen LogP contribution in [0.25, 0.3) is 10.8 Å². The van der Waals surface area contributed by atoms with Gasteiger partial charge in [-0.15, -0.1) is 0 Å². The van der Waals surface area contributed by atoms with Crippen LogP contribution in [0.3, 0.4) is 0 Å². The first-order valence-corrected chi connectivity index (χ1v) is 5.94. The molecule has 0 saturated carbocycles. The van der Waals surface area contributed by atoms with E-state index in [9.17, 15) is 9.90 Å². The lowest BCUT2D eigenvalue weighted by Gasteiger charge is -2.09. The van der Waals surface area contributed by atoms with Crippen molar-refractivity contribution in [1.82, 2.24) is 0 Å². The van der Waals surface area contributed by atoms with E-state index in [4.69, 9.17) is 5.11 Å². The Kier molecular flexibility index (Phi) is 2.90. The van der Waals surface area contributed by atoms with Gasteiger partial charge in [-0.1, -0.05) is 24.3 Å². The van der Waals surface area contributed by atoms with Crippen LogP contribution in [0.1, 0.15) is 10.4 Å². The molecule has 0 spiro atoms. The van der Waals surface area contributed by atoms with E-state index < -0.39 is 5.97 Å². The maximum absolute atomic E-state index is 11.0. The number of hydrogen-bond acceptors (Lipinski definition) is 2. The number of phenols is 1. The van der Waals surface area contributed by atoms with Gasteiger partial charge in [-0.3, -0.25) is 0 Å². The Labute approximate surface area is 108 Å². The summed E-state index contributed by atoms with van der Waals surface area (Å²) in [5, 5.41) is 20.3. The van der Waals surface area contributed by atoms with Crippen molar-refractivity contribution in [3.63, 3.8) is 0 Å². The molecule has 2 rings (SSSR count). The van der Waals surface area contributed by atoms with Gasteiger partial charge in [0.15, 0.2) is 0 Å². The number of carboxylic acid groups (broad SMARTS) is 1. The number of rotatable bonds is 1. The number of fused-ring (bicyclic) bond motifs is 1. The third-order valence-corrected chi connectivity index (χ3v) is 3.90. The molecule has 0 atom stereocenters. The zero-order chi connectivity index (χ0) is 11.9. The van der Waals surface area contributed by atoms with Crippen LogP contribution in [0, 0.1) is 0 Å². The van der Waals surface area contributed by atoms with Crippen molar-refractivity contribution < 1.29 is 15.0 Å². The highest BCUT2D eigenvalue weighted by atomic mass is 79.9. The molecule has 5 heteroatoms. The highest BCUT2D eigenvalue weighted by Crippen LogP contribution is 2.41. The molecule has 0 aliphatic rings. The highest BCUT2D eigenvalue weighted by Gasteiger charge is 2.20. The summed E-state index contributed by atoms with van der Waals surface area (Å²) < 4.78 is 0.778. The largest absolute Gasteiger partial charge is 0.506 e. The first kappa shape index (κ1) is 11.4. The van der Waals surface area contributed by atoms with E-state index >= 15 is 0 Å². The Morgan fingerprint density at radius 3 is 2.06 bits per heavy atom. The van der Waals surface area contributed by atoms with Crippen LogP contribution in [-0.2, 0) is 0 Å². The van der Waals surface area contributed by atoms with Crippen LogP contribution < -0.4 is 0 Å². The number of carbonyl (C=O) groups is 1. The lowest BCUT2D eigenvalue weighted by Crippen LogP contribution is -1.99. The smallest absolute Gasteiger partial charge is 0.340 e. The van der Waals surface area contributed by atoms with Gasteiger partial charge in [0.1, 0.15) is 11.3 Å². The van der Waals surface area contributed by atoms with Crippen molar-refractivity contribution in [3.8, 4) is 5.75 Å². The Morgan fingerprint density at radius 1 is 1.06 bits per heavy atom. The van der Waals surface area contributed by atoms with Crippen molar-refractivity contribution in [2.24, 2.45) is 0 Å². The van der Waals surface area contributed by atoms with E-state index in [1.165, 1.54) is 0 Å². The number of halogens is 2. The standard InChI is InChI=1S/C11H6Br2O3/c12-8-5-3-1-2-4-6(5)9(13)10(14)7(8)11(15)16/h1-4,14H,(H,15,16). The molecule has 2 aromatic rings. The van der Waals surface area contributed by atoms with E-state index in [1.54, 1.807) is 12.1 Å². The molecule has 0 unspecified atom stereocenters. The van der Waals surface area contributed by atoms with E-state index in [-0.39, 0.29) is 11.3 Å². The second kappa shape index (κ2) is 4.07. The third-order valence-electron chi connectivity index (χ3n) is 2.28. The first-order chi connectivity index (χ1) is 7.54. The van der Waals surface area contributed by atoms with Crippen LogP contribution in [0.5, 0.6) is 5.75 Å². The molecular formula is C11H6Br2O3. The Bertz CT molecular complexity index is 593. The lowest BCUT2D eigenvalue weighted by atomic mass is 10.1. The Hall–Kier alpha value is -1.07.